The highest BCUT2D eigenvalue weighted by atomic mass is 32.2. The van der Waals surface area contributed by atoms with Gasteiger partial charge in [0.25, 0.3) is 0 Å². The first-order valence-electron chi connectivity index (χ1n) is 8.42. The fourth-order valence-electron chi connectivity index (χ4n) is 2.87. The lowest BCUT2D eigenvalue weighted by atomic mass is 10.1. The second-order valence-electron chi connectivity index (χ2n) is 6.38. The minimum absolute atomic E-state index is 0.103. The lowest BCUT2D eigenvalue weighted by Gasteiger charge is -2.08. The second-order valence-corrected chi connectivity index (χ2v) is 8.15. The molecule has 0 atom stereocenters. The number of benzene rings is 2. The molecule has 2 N–H and O–H groups in total. The summed E-state index contributed by atoms with van der Waals surface area (Å²) in [6.07, 6.45) is 2.87. The third kappa shape index (κ3) is 4.46. The van der Waals surface area contributed by atoms with Crippen LogP contribution in [0.25, 0.3) is 0 Å². The number of carbonyl (C=O) groups is 1. The number of hydrogen-bond donors (Lipinski definition) is 2. The molecule has 0 fully saturated rings. The minimum atomic E-state index is -3.54. The van der Waals surface area contributed by atoms with Gasteiger partial charge in [-0.25, -0.2) is 13.1 Å². The Balaban J connectivity index is 1.50. The number of anilines is 1. The highest BCUT2D eigenvalue weighted by Gasteiger charge is 2.21. The number of amides is 1. The summed E-state index contributed by atoms with van der Waals surface area (Å²) < 4.78 is 27.4. The van der Waals surface area contributed by atoms with Crippen molar-refractivity contribution in [2.75, 3.05) is 11.9 Å². The average molecular weight is 358 g/mol. The molecule has 25 heavy (non-hydrogen) atoms. The molecule has 1 heterocycles. The third-order valence-electron chi connectivity index (χ3n) is 4.32. The van der Waals surface area contributed by atoms with Crippen LogP contribution in [-0.2, 0) is 27.7 Å². The van der Waals surface area contributed by atoms with E-state index >= 15 is 0 Å². The van der Waals surface area contributed by atoms with Crippen molar-refractivity contribution in [1.82, 2.24) is 4.72 Å². The summed E-state index contributed by atoms with van der Waals surface area (Å²) in [7, 11) is -3.54. The van der Waals surface area contributed by atoms with Gasteiger partial charge in [-0.3, -0.25) is 4.79 Å². The molecular weight excluding hydrogens is 336 g/mol. The van der Waals surface area contributed by atoms with E-state index in [1.807, 2.05) is 0 Å². The van der Waals surface area contributed by atoms with Crippen LogP contribution in [0.3, 0.4) is 0 Å². The van der Waals surface area contributed by atoms with E-state index in [1.54, 1.807) is 12.1 Å². The molecule has 2 aromatic rings. The maximum Gasteiger partial charge on any atom is 0.240 e. The summed E-state index contributed by atoms with van der Waals surface area (Å²) in [5, 5.41) is 2.70. The van der Waals surface area contributed by atoms with E-state index < -0.39 is 10.0 Å². The van der Waals surface area contributed by atoms with Crippen molar-refractivity contribution >= 4 is 21.6 Å². The van der Waals surface area contributed by atoms with Crippen LogP contribution in [-0.4, -0.2) is 20.9 Å². The summed E-state index contributed by atoms with van der Waals surface area (Å²) in [6, 6.07) is 13.1. The number of aryl methyl sites for hydroxylation is 2. The summed E-state index contributed by atoms with van der Waals surface area (Å²) in [4.78, 5) is 11.6. The van der Waals surface area contributed by atoms with Gasteiger partial charge in [0.2, 0.25) is 15.9 Å². The van der Waals surface area contributed by atoms with E-state index in [9.17, 15) is 13.2 Å². The van der Waals surface area contributed by atoms with Crippen LogP contribution in [0.5, 0.6) is 0 Å². The van der Waals surface area contributed by atoms with Gasteiger partial charge in [0.05, 0.1) is 11.3 Å². The van der Waals surface area contributed by atoms with E-state index in [2.05, 4.69) is 41.2 Å². The summed E-state index contributed by atoms with van der Waals surface area (Å²) >= 11 is 0. The number of hydrogen-bond acceptors (Lipinski definition) is 3. The Kier molecular flexibility index (Phi) is 5.20. The molecule has 1 aliphatic rings. The molecule has 1 amide bonds. The monoisotopic (exact) mass is 358 g/mol. The molecule has 1 aliphatic heterocycles. The third-order valence-corrected chi connectivity index (χ3v) is 5.78. The van der Waals surface area contributed by atoms with Crippen molar-refractivity contribution in [2.24, 2.45) is 0 Å². The lowest BCUT2D eigenvalue weighted by Crippen LogP contribution is -2.25. The quantitative estimate of drug-likeness (QED) is 0.748. The maximum atomic E-state index is 12.4. The van der Waals surface area contributed by atoms with Gasteiger partial charge >= 0.3 is 0 Å². The smallest absolute Gasteiger partial charge is 0.240 e. The fraction of sp³-hybridized carbons (Fsp3) is 0.316. The van der Waals surface area contributed by atoms with Crippen LogP contribution in [0.4, 0.5) is 5.69 Å². The summed E-state index contributed by atoms with van der Waals surface area (Å²) in [6.45, 7) is 2.46. The molecule has 3 rings (SSSR count). The maximum absolute atomic E-state index is 12.4. The summed E-state index contributed by atoms with van der Waals surface area (Å²) in [5.41, 5.74) is 3.93. The number of sulfonamides is 1. The van der Waals surface area contributed by atoms with Gasteiger partial charge in [-0.15, -0.1) is 0 Å². The predicted molar refractivity (Wildman–Crippen MR) is 98.1 cm³/mol. The number of rotatable bonds is 7. The number of unbranched alkanes of at least 4 members (excludes halogenated alkanes) is 1. The molecule has 0 aromatic heterocycles. The van der Waals surface area contributed by atoms with E-state index in [1.165, 1.54) is 17.2 Å². The Morgan fingerprint density at radius 1 is 1.08 bits per heavy atom. The first kappa shape index (κ1) is 17.6. The average Bonchev–Trinajstić information content (AvgIpc) is 2.95. The number of nitrogens with one attached hydrogen (secondary N) is 2. The van der Waals surface area contributed by atoms with Gasteiger partial charge in [0, 0.05) is 12.2 Å². The van der Waals surface area contributed by atoms with Crippen molar-refractivity contribution in [3.8, 4) is 0 Å². The van der Waals surface area contributed by atoms with Crippen molar-refractivity contribution < 1.29 is 13.2 Å². The Bertz CT molecular complexity index is 874. The largest absolute Gasteiger partial charge is 0.326 e. The normalized spacial score (nSPS) is 13.6. The number of carbonyl (C=O) groups excluding carboxylic acids is 1. The molecule has 0 saturated carbocycles. The van der Waals surface area contributed by atoms with Crippen LogP contribution in [0.1, 0.15) is 29.5 Å². The zero-order chi connectivity index (χ0) is 17.9. The predicted octanol–water partition coefficient (Wildman–Crippen LogP) is 2.79. The van der Waals surface area contributed by atoms with Crippen LogP contribution < -0.4 is 10.0 Å². The van der Waals surface area contributed by atoms with Gasteiger partial charge in [-0.2, -0.15) is 0 Å². The van der Waals surface area contributed by atoms with E-state index in [4.69, 9.17) is 0 Å². The summed E-state index contributed by atoms with van der Waals surface area (Å²) in [5.74, 6) is -0.103. The molecule has 0 bridgehead atoms. The molecule has 2 aromatic carbocycles. The lowest BCUT2D eigenvalue weighted by molar-refractivity contribution is -0.115. The Hall–Kier alpha value is -2.18. The van der Waals surface area contributed by atoms with Crippen molar-refractivity contribution in [1.29, 1.82) is 0 Å². The second kappa shape index (κ2) is 7.37. The standard InChI is InChI=1S/C19H22N2O3S/c1-14-5-7-15(8-6-14)4-2-3-11-20-25(23,24)17-9-10-18-16(12-17)13-19(22)21-18/h5-10,12,20H,2-4,11,13H2,1H3,(H,21,22). The highest BCUT2D eigenvalue weighted by Crippen LogP contribution is 2.25. The fourth-order valence-corrected chi connectivity index (χ4v) is 4.00. The first-order chi connectivity index (χ1) is 11.9. The van der Waals surface area contributed by atoms with Gasteiger partial charge < -0.3 is 5.32 Å². The molecular formula is C19H22N2O3S. The Labute approximate surface area is 148 Å². The molecule has 6 heteroatoms. The molecule has 0 spiro atoms. The van der Waals surface area contributed by atoms with Gasteiger partial charge in [0.1, 0.15) is 0 Å². The zero-order valence-electron chi connectivity index (χ0n) is 14.2. The van der Waals surface area contributed by atoms with Crippen LogP contribution in [0.15, 0.2) is 47.4 Å². The topological polar surface area (TPSA) is 75.3 Å². The van der Waals surface area contributed by atoms with E-state index in [0.717, 1.165) is 24.8 Å². The molecule has 0 aliphatic carbocycles. The van der Waals surface area contributed by atoms with Crippen LogP contribution in [0, 0.1) is 6.92 Å². The zero-order valence-corrected chi connectivity index (χ0v) is 15.0. The van der Waals surface area contributed by atoms with Crippen molar-refractivity contribution in [2.45, 2.75) is 37.5 Å². The SMILES string of the molecule is Cc1ccc(CCCCNS(=O)(=O)c2ccc3c(c2)CC(=O)N3)cc1. The molecule has 0 saturated heterocycles. The molecule has 0 unspecified atom stereocenters. The van der Waals surface area contributed by atoms with Gasteiger partial charge in [0.15, 0.2) is 0 Å². The van der Waals surface area contributed by atoms with E-state index in [-0.39, 0.29) is 17.2 Å². The van der Waals surface area contributed by atoms with Gasteiger partial charge in [-0.1, -0.05) is 29.8 Å². The van der Waals surface area contributed by atoms with Crippen molar-refractivity contribution in [3.05, 3.63) is 59.2 Å². The first-order valence-corrected chi connectivity index (χ1v) is 9.90. The minimum Gasteiger partial charge on any atom is -0.326 e. The Morgan fingerprint density at radius 3 is 2.60 bits per heavy atom. The highest BCUT2D eigenvalue weighted by molar-refractivity contribution is 7.89. The van der Waals surface area contributed by atoms with E-state index in [0.29, 0.717) is 12.2 Å². The molecule has 132 valence electrons. The number of fused-ring (bicyclic) bond motifs is 1. The Morgan fingerprint density at radius 2 is 1.84 bits per heavy atom. The van der Waals surface area contributed by atoms with Crippen LogP contribution in [0.2, 0.25) is 0 Å². The van der Waals surface area contributed by atoms with Crippen molar-refractivity contribution in [3.63, 3.8) is 0 Å². The van der Waals surface area contributed by atoms with Gasteiger partial charge in [-0.05, 0) is 55.5 Å². The molecule has 0 radical (unpaired) electrons. The van der Waals surface area contributed by atoms with Crippen LogP contribution >= 0.6 is 0 Å². The molecule has 5 nitrogen and oxygen atoms in total.